The van der Waals surface area contributed by atoms with Crippen molar-refractivity contribution in [2.24, 2.45) is 18.9 Å². The molecule has 22 heavy (non-hydrogen) atoms. The lowest BCUT2D eigenvalue weighted by atomic mass is 10.00. The molecular formula is C15H20F2N4O. The third kappa shape index (κ3) is 2.06. The van der Waals surface area contributed by atoms with E-state index in [2.05, 4.69) is 5.10 Å². The van der Waals surface area contributed by atoms with Gasteiger partial charge in [-0.2, -0.15) is 5.10 Å². The first-order valence-electron chi connectivity index (χ1n) is 7.91. The number of aromatic nitrogens is 2. The van der Waals surface area contributed by atoms with Crippen LogP contribution in [0.5, 0.6) is 0 Å². The summed E-state index contributed by atoms with van der Waals surface area (Å²) in [6, 6.07) is 1.55. The van der Waals surface area contributed by atoms with Crippen LogP contribution >= 0.6 is 0 Å². The van der Waals surface area contributed by atoms with Crippen molar-refractivity contribution in [2.75, 3.05) is 24.5 Å². The maximum atomic E-state index is 13.5. The lowest BCUT2D eigenvalue weighted by molar-refractivity contribution is -0.126. The highest BCUT2D eigenvalue weighted by molar-refractivity contribution is 5.97. The molecule has 3 atom stereocenters. The molecule has 2 aliphatic heterocycles. The highest BCUT2D eigenvalue weighted by Gasteiger charge is 2.69. The number of anilines is 1. The fourth-order valence-electron chi connectivity index (χ4n) is 4.00. The van der Waals surface area contributed by atoms with E-state index in [4.69, 9.17) is 0 Å². The van der Waals surface area contributed by atoms with E-state index in [1.165, 1.54) is 0 Å². The van der Waals surface area contributed by atoms with Gasteiger partial charge < -0.3 is 0 Å². The van der Waals surface area contributed by atoms with E-state index in [9.17, 15) is 13.6 Å². The monoisotopic (exact) mass is 310 g/mol. The molecule has 0 N–H and O–H groups in total. The topological polar surface area (TPSA) is 41.4 Å². The number of amides is 1. The Morgan fingerprint density at radius 1 is 1.27 bits per heavy atom. The van der Waals surface area contributed by atoms with Gasteiger partial charge in [0.05, 0.1) is 6.04 Å². The van der Waals surface area contributed by atoms with Crippen LogP contribution in [0.1, 0.15) is 19.3 Å². The van der Waals surface area contributed by atoms with E-state index in [0.29, 0.717) is 31.9 Å². The lowest BCUT2D eigenvalue weighted by Gasteiger charge is -2.38. The second kappa shape index (κ2) is 4.75. The van der Waals surface area contributed by atoms with E-state index >= 15 is 0 Å². The zero-order valence-corrected chi connectivity index (χ0v) is 12.6. The smallest absolute Gasteiger partial charge is 0.255 e. The number of halogens is 2. The number of carbonyl (C=O) groups is 1. The van der Waals surface area contributed by atoms with Crippen molar-refractivity contribution in [3.8, 4) is 0 Å². The molecule has 2 saturated heterocycles. The minimum atomic E-state index is -2.51. The molecular weight excluding hydrogens is 290 g/mol. The van der Waals surface area contributed by atoms with Crippen LogP contribution in [0.25, 0.3) is 0 Å². The molecule has 1 saturated carbocycles. The summed E-state index contributed by atoms with van der Waals surface area (Å²) in [6.07, 6.45) is 3.95. The predicted octanol–water partition coefficient (Wildman–Crippen LogP) is 1.50. The molecule has 3 fully saturated rings. The second-order valence-corrected chi connectivity index (χ2v) is 6.67. The van der Waals surface area contributed by atoms with Gasteiger partial charge in [-0.05, 0) is 25.8 Å². The predicted molar refractivity (Wildman–Crippen MR) is 76.7 cm³/mol. The molecule has 5 nitrogen and oxygen atoms in total. The van der Waals surface area contributed by atoms with Gasteiger partial charge in [0.15, 0.2) is 5.82 Å². The number of fused-ring (bicyclic) bond motifs is 1. The Labute approximate surface area is 127 Å². The Balaban J connectivity index is 1.49. The maximum Gasteiger partial charge on any atom is 0.255 e. The van der Waals surface area contributed by atoms with Crippen LogP contribution < -0.4 is 4.90 Å². The number of likely N-dealkylation sites (tertiary alicyclic amines) is 1. The first kappa shape index (κ1) is 14.1. The maximum absolute atomic E-state index is 13.5. The average Bonchev–Trinajstić information content (AvgIpc) is 2.82. The Morgan fingerprint density at radius 3 is 2.77 bits per heavy atom. The molecule has 0 bridgehead atoms. The van der Waals surface area contributed by atoms with Crippen LogP contribution in [0, 0.1) is 11.8 Å². The van der Waals surface area contributed by atoms with Gasteiger partial charge in [0.2, 0.25) is 5.91 Å². The molecule has 0 radical (unpaired) electrons. The van der Waals surface area contributed by atoms with Crippen LogP contribution in [0.2, 0.25) is 0 Å². The molecule has 1 aromatic rings. The Kier molecular flexibility index (Phi) is 3.04. The zero-order chi connectivity index (χ0) is 15.5. The molecule has 3 heterocycles. The number of carbonyl (C=O) groups excluding carboxylic acids is 1. The number of piperidine rings is 2. The fraction of sp³-hybridized carbons (Fsp3) is 0.733. The molecule has 0 unspecified atom stereocenters. The van der Waals surface area contributed by atoms with Gasteiger partial charge in [-0.15, -0.1) is 0 Å². The second-order valence-electron chi connectivity index (χ2n) is 6.67. The standard InChI is InChI=1S/C15H20F2N4O/c1-19-7-5-13(18-19)21-6-2-3-12(14(21)22)20-8-4-10-11(9-20)15(10,16)17/h5,7,10-12H,2-4,6,8-9H2,1H3/t10-,11-,12+/m1/s1. The SMILES string of the molecule is Cn1ccc(N2CCC[C@H](N3CC[C@@H]4[C@@H](C3)C4(F)F)C2=O)n1. The number of hydrogen-bond acceptors (Lipinski definition) is 3. The zero-order valence-electron chi connectivity index (χ0n) is 12.6. The number of rotatable bonds is 2. The molecule has 1 aromatic heterocycles. The van der Waals surface area contributed by atoms with E-state index in [1.54, 1.807) is 9.58 Å². The van der Waals surface area contributed by atoms with E-state index in [-0.39, 0.29) is 11.9 Å². The minimum absolute atomic E-state index is 0.00682. The average molecular weight is 310 g/mol. The Bertz CT molecular complexity index is 602. The highest BCUT2D eigenvalue weighted by atomic mass is 19.3. The fourth-order valence-corrected chi connectivity index (χ4v) is 4.00. The van der Waals surface area contributed by atoms with Gasteiger partial charge in [-0.3, -0.25) is 19.3 Å². The van der Waals surface area contributed by atoms with Crippen molar-refractivity contribution in [2.45, 2.75) is 31.2 Å². The molecule has 0 aromatic carbocycles. The molecule has 1 amide bonds. The van der Waals surface area contributed by atoms with Gasteiger partial charge in [0.25, 0.3) is 5.92 Å². The van der Waals surface area contributed by atoms with E-state index in [1.807, 2.05) is 24.2 Å². The molecule has 7 heteroatoms. The summed E-state index contributed by atoms with van der Waals surface area (Å²) >= 11 is 0. The normalized spacial score (nSPS) is 34.6. The number of hydrogen-bond donors (Lipinski definition) is 0. The Hall–Kier alpha value is -1.50. The summed E-state index contributed by atoms with van der Waals surface area (Å²) in [7, 11) is 1.81. The minimum Gasteiger partial charge on any atom is -0.294 e. The number of aryl methyl sites for hydroxylation is 1. The first-order valence-corrected chi connectivity index (χ1v) is 7.91. The van der Waals surface area contributed by atoms with Crippen molar-refractivity contribution < 1.29 is 13.6 Å². The van der Waals surface area contributed by atoms with Crippen LogP contribution in [-0.2, 0) is 11.8 Å². The van der Waals surface area contributed by atoms with Crippen molar-refractivity contribution in [3.05, 3.63) is 12.3 Å². The van der Waals surface area contributed by atoms with Crippen molar-refractivity contribution in [3.63, 3.8) is 0 Å². The van der Waals surface area contributed by atoms with E-state index < -0.39 is 17.8 Å². The number of alkyl halides is 2. The molecule has 120 valence electrons. The van der Waals surface area contributed by atoms with E-state index in [0.717, 1.165) is 12.8 Å². The van der Waals surface area contributed by atoms with Crippen LogP contribution in [0.4, 0.5) is 14.6 Å². The van der Waals surface area contributed by atoms with Gasteiger partial charge in [-0.1, -0.05) is 0 Å². The van der Waals surface area contributed by atoms with Crippen molar-refractivity contribution in [1.82, 2.24) is 14.7 Å². The molecule has 4 rings (SSSR count). The molecule has 3 aliphatic rings. The Morgan fingerprint density at radius 2 is 2.09 bits per heavy atom. The number of nitrogens with zero attached hydrogens (tertiary/aromatic N) is 4. The summed E-state index contributed by atoms with van der Waals surface area (Å²) in [6.45, 7) is 1.61. The summed E-state index contributed by atoms with van der Waals surface area (Å²) in [4.78, 5) is 16.4. The summed E-state index contributed by atoms with van der Waals surface area (Å²) in [5.74, 6) is -2.84. The van der Waals surface area contributed by atoms with Crippen molar-refractivity contribution in [1.29, 1.82) is 0 Å². The van der Waals surface area contributed by atoms with Gasteiger partial charge in [0, 0.05) is 44.2 Å². The van der Waals surface area contributed by atoms with Gasteiger partial charge in [0.1, 0.15) is 0 Å². The lowest BCUT2D eigenvalue weighted by Crippen LogP contribution is -2.54. The quantitative estimate of drug-likeness (QED) is 0.831. The van der Waals surface area contributed by atoms with Crippen LogP contribution in [-0.4, -0.2) is 52.2 Å². The molecule has 1 aliphatic carbocycles. The van der Waals surface area contributed by atoms with Crippen molar-refractivity contribution >= 4 is 11.7 Å². The summed E-state index contributed by atoms with van der Waals surface area (Å²) < 4.78 is 28.8. The highest BCUT2D eigenvalue weighted by Crippen LogP contribution is 2.59. The van der Waals surface area contributed by atoms with Gasteiger partial charge >= 0.3 is 0 Å². The summed E-state index contributed by atoms with van der Waals surface area (Å²) in [5.41, 5.74) is 0. The third-order valence-corrected chi connectivity index (χ3v) is 5.35. The third-order valence-electron chi connectivity index (χ3n) is 5.35. The summed E-state index contributed by atoms with van der Waals surface area (Å²) in [5, 5.41) is 4.29. The largest absolute Gasteiger partial charge is 0.294 e. The molecule has 0 spiro atoms. The first-order chi connectivity index (χ1) is 10.5. The van der Waals surface area contributed by atoms with Gasteiger partial charge in [-0.25, -0.2) is 8.78 Å². The van der Waals surface area contributed by atoms with Crippen LogP contribution in [0.3, 0.4) is 0 Å². The van der Waals surface area contributed by atoms with Crippen LogP contribution in [0.15, 0.2) is 12.3 Å².